The number of amides is 1. The van der Waals surface area contributed by atoms with E-state index < -0.39 is 5.54 Å². The van der Waals surface area contributed by atoms with Crippen LogP contribution in [0.1, 0.15) is 19.8 Å². The second-order valence-electron chi connectivity index (χ2n) is 4.59. The van der Waals surface area contributed by atoms with Crippen molar-refractivity contribution in [2.75, 3.05) is 33.0 Å². The average Bonchev–Trinajstić information content (AvgIpc) is 2.76. The predicted molar refractivity (Wildman–Crippen MR) is 59.0 cm³/mol. The molecule has 2 aliphatic rings. The van der Waals surface area contributed by atoms with E-state index in [0.29, 0.717) is 39.4 Å². The third kappa shape index (κ3) is 2.07. The van der Waals surface area contributed by atoms with Gasteiger partial charge in [-0.3, -0.25) is 4.79 Å². The molecule has 2 N–H and O–H groups in total. The lowest BCUT2D eigenvalue weighted by Crippen LogP contribution is -2.61. The first-order valence-electron chi connectivity index (χ1n) is 5.93. The summed E-state index contributed by atoms with van der Waals surface area (Å²) in [5.74, 6) is 0.0279. The number of hydrogen-bond acceptors (Lipinski definition) is 4. The van der Waals surface area contributed by atoms with Crippen molar-refractivity contribution < 1.29 is 14.3 Å². The normalized spacial score (nSPS) is 35.4. The first-order chi connectivity index (χ1) is 7.67. The Balaban J connectivity index is 2.07. The highest BCUT2D eigenvalue weighted by Gasteiger charge is 2.43. The smallest absolute Gasteiger partial charge is 0.245 e. The van der Waals surface area contributed by atoms with E-state index in [1.165, 1.54) is 0 Å². The highest BCUT2D eigenvalue weighted by atomic mass is 16.5. The fourth-order valence-corrected chi connectivity index (χ4v) is 2.30. The Kier molecular flexibility index (Phi) is 3.47. The van der Waals surface area contributed by atoms with Gasteiger partial charge in [-0.2, -0.15) is 0 Å². The molecule has 5 nitrogen and oxygen atoms in total. The fourth-order valence-electron chi connectivity index (χ4n) is 2.30. The van der Waals surface area contributed by atoms with E-state index >= 15 is 0 Å². The molecule has 0 aromatic heterocycles. The van der Waals surface area contributed by atoms with Crippen LogP contribution in [0.15, 0.2) is 0 Å². The molecular weight excluding hydrogens is 208 g/mol. The Labute approximate surface area is 95.9 Å². The molecule has 2 saturated heterocycles. The van der Waals surface area contributed by atoms with Crippen molar-refractivity contribution in [2.24, 2.45) is 5.73 Å². The SMILES string of the molecule is CCC1COCCN1C(=O)C1(N)CCOC1. The molecule has 2 fully saturated rings. The summed E-state index contributed by atoms with van der Waals surface area (Å²) in [6.07, 6.45) is 1.53. The van der Waals surface area contributed by atoms with Crippen LogP contribution in [0.4, 0.5) is 0 Å². The van der Waals surface area contributed by atoms with E-state index in [-0.39, 0.29) is 11.9 Å². The molecule has 0 bridgehead atoms. The topological polar surface area (TPSA) is 64.8 Å². The fraction of sp³-hybridized carbons (Fsp3) is 0.909. The first kappa shape index (κ1) is 11.8. The molecule has 0 aliphatic carbocycles. The lowest BCUT2D eigenvalue weighted by atomic mass is 9.96. The maximum absolute atomic E-state index is 12.4. The van der Waals surface area contributed by atoms with Crippen molar-refractivity contribution in [3.8, 4) is 0 Å². The van der Waals surface area contributed by atoms with Crippen LogP contribution in [0.2, 0.25) is 0 Å². The van der Waals surface area contributed by atoms with E-state index in [2.05, 4.69) is 6.92 Å². The lowest BCUT2D eigenvalue weighted by molar-refractivity contribution is -0.145. The van der Waals surface area contributed by atoms with Gasteiger partial charge in [-0.05, 0) is 12.8 Å². The van der Waals surface area contributed by atoms with Crippen LogP contribution < -0.4 is 5.73 Å². The van der Waals surface area contributed by atoms with Crippen LogP contribution in [-0.4, -0.2) is 55.4 Å². The number of morpholine rings is 1. The molecule has 0 aromatic carbocycles. The maximum Gasteiger partial charge on any atom is 0.245 e. The summed E-state index contributed by atoms with van der Waals surface area (Å²) in [6.45, 7) is 4.88. The summed E-state index contributed by atoms with van der Waals surface area (Å²) >= 11 is 0. The molecule has 2 atom stereocenters. The number of hydrogen-bond donors (Lipinski definition) is 1. The molecule has 5 heteroatoms. The molecule has 2 unspecified atom stereocenters. The van der Waals surface area contributed by atoms with Crippen LogP contribution >= 0.6 is 0 Å². The molecule has 0 spiro atoms. The van der Waals surface area contributed by atoms with Crippen molar-refractivity contribution in [3.63, 3.8) is 0 Å². The average molecular weight is 228 g/mol. The van der Waals surface area contributed by atoms with E-state index in [1.807, 2.05) is 4.90 Å². The highest BCUT2D eigenvalue weighted by Crippen LogP contribution is 2.22. The summed E-state index contributed by atoms with van der Waals surface area (Å²) in [7, 11) is 0. The van der Waals surface area contributed by atoms with Crippen molar-refractivity contribution in [3.05, 3.63) is 0 Å². The number of nitrogens with zero attached hydrogens (tertiary/aromatic N) is 1. The van der Waals surface area contributed by atoms with Gasteiger partial charge >= 0.3 is 0 Å². The summed E-state index contributed by atoms with van der Waals surface area (Å²) < 4.78 is 10.6. The molecule has 1 amide bonds. The number of rotatable bonds is 2. The predicted octanol–water partition coefficient (Wildman–Crippen LogP) is -0.258. The van der Waals surface area contributed by atoms with Gasteiger partial charge in [-0.25, -0.2) is 0 Å². The second-order valence-corrected chi connectivity index (χ2v) is 4.59. The lowest BCUT2D eigenvalue weighted by Gasteiger charge is -2.39. The molecular formula is C11H20N2O3. The molecule has 92 valence electrons. The van der Waals surface area contributed by atoms with Gasteiger partial charge < -0.3 is 20.1 Å². The minimum atomic E-state index is -0.801. The van der Waals surface area contributed by atoms with Crippen molar-refractivity contribution >= 4 is 5.91 Å². The van der Waals surface area contributed by atoms with E-state index in [4.69, 9.17) is 15.2 Å². The Hall–Kier alpha value is -0.650. The van der Waals surface area contributed by atoms with Crippen LogP contribution in [0.25, 0.3) is 0 Å². The van der Waals surface area contributed by atoms with Gasteiger partial charge in [0.2, 0.25) is 5.91 Å². The number of ether oxygens (including phenoxy) is 2. The van der Waals surface area contributed by atoms with Gasteiger partial charge in [0.25, 0.3) is 0 Å². The maximum atomic E-state index is 12.4. The molecule has 2 heterocycles. The summed E-state index contributed by atoms with van der Waals surface area (Å²) in [4.78, 5) is 14.2. The molecule has 0 aromatic rings. The third-order valence-corrected chi connectivity index (χ3v) is 3.44. The molecule has 2 aliphatic heterocycles. The summed E-state index contributed by atoms with van der Waals surface area (Å²) in [6, 6.07) is 0.169. The molecule has 0 radical (unpaired) electrons. The van der Waals surface area contributed by atoms with Gasteiger partial charge in [0, 0.05) is 13.2 Å². The molecule has 16 heavy (non-hydrogen) atoms. The highest BCUT2D eigenvalue weighted by molar-refractivity contribution is 5.87. The van der Waals surface area contributed by atoms with Crippen LogP contribution in [0.5, 0.6) is 0 Å². The van der Waals surface area contributed by atoms with Crippen LogP contribution in [0, 0.1) is 0 Å². The van der Waals surface area contributed by atoms with E-state index in [0.717, 1.165) is 6.42 Å². The zero-order valence-corrected chi connectivity index (χ0v) is 9.78. The minimum Gasteiger partial charge on any atom is -0.379 e. The zero-order chi connectivity index (χ0) is 11.6. The third-order valence-electron chi connectivity index (χ3n) is 3.44. The molecule has 0 saturated carbocycles. The van der Waals surface area contributed by atoms with Crippen molar-refractivity contribution in [1.82, 2.24) is 4.90 Å². The first-order valence-corrected chi connectivity index (χ1v) is 5.93. The van der Waals surface area contributed by atoms with Gasteiger partial charge in [0.1, 0.15) is 5.54 Å². The van der Waals surface area contributed by atoms with Crippen molar-refractivity contribution in [1.29, 1.82) is 0 Å². The van der Waals surface area contributed by atoms with Gasteiger partial charge in [0.05, 0.1) is 25.9 Å². The standard InChI is InChI=1S/C11H20N2O3/c1-2-9-7-15-6-4-13(9)10(14)11(12)3-5-16-8-11/h9H,2-8,12H2,1H3. The van der Waals surface area contributed by atoms with Gasteiger partial charge in [0.15, 0.2) is 0 Å². The Morgan fingerprint density at radius 3 is 2.94 bits per heavy atom. The Bertz CT molecular complexity index is 264. The summed E-state index contributed by atoms with van der Waals surface area (Å²) in [5.41, 5.74) is 5.29. The zero-order valence-electron chi connectivity index (χ0n) is 9.78. The number of carbonyl (C=O) groups excluding carboxylic acids is 1. The largest absolute Gasteiger partial charge is 0.379 e. The summed E-state index contributed by atoms with van der Waals surface area (Å²) in [5, 5.41) is 0. The number of nitrogens with two attached hydrogens (primary N) is 1. The second kappa shape index (κ2) is 4.69. The Morgan fingerprint density at radius 1 is 1.50 bits per heavy atom. The van der Waals surface area contributed by atoms with Crippen LogP contribution in [0.3, 0.4) is 0 Å². The van der Waals surface area contributed by atoms with Gasteiger partial charge in [-0.15, -0.1) is 0 Å². The monoisotopic (exact) mass is 228 g/mol. The van der Waals surface area contributed by atoms with Crippen molar-refractivity contribution in [2.45, 2.75) is 31.3 Å². The van der Waals surface area contributed by atoms with Gasteiger partial charge in [-0.1, -0.05) is 6.92 Å². The number of carbonyl (C=O) groups is 1. The molecule has 2 rings (SSSR count). The minimum absolute atomic E-state index is 0.0279. The quantitative estimate of drug-likeness (QED) is 0.707. The Morgan fingerprint density at radius 2 is 2.31 bits per heavy atom. The van der Waals surface area contributed by atoms with E-state index in [9.17, 15) is 4.79 Å². The van der Waals surface area contributed by atoms with Crippen LogP contribution in [-0.2, 0) is 14.3 Å². The van der Waals surface area contributed by atoms with E-state index in [1.54, 1.807) is 0 Å².